The highest BCUT2D eigenvalue weighted by atomic mass is 14.0. The topological polar surface area (TPSA) is 0 Å². The van der Waals surface area contributed by atoms with Crippen molar-refractivity contribution in [3.05, 3.63) is 155 Å². The van der Waals surface area contributed by atoms with E-state index in [9.17, 15) is 0 Å². The van der Waals surface area contributed by atoms with Crippen LogP contribution in [0.5, 0.6) is 0 Å². The van der Waals surface area contributed by atoms with Gasteiger partial charge < -0.3 is 0 Å². The molecule has 0 heteroatoms. The van der Waals surface area contributed by atoms with Crippen LogP contribution in [0.2, 0.25) is 0 Å². The van der Waals surface area contributed by atoms with Crippen LogP contribution in [0.1, 0.15) is 33.4 Å². The Balaban J connectivity index is 1.23. The zero-order valence-corrected chi connectivity index (χ0v) is 20.5. The molecule has 0 aliphatic carbocycles. The molecular formula is C36H26. The van der Waals surface area contributed by atoms with E-state index in [0.29, 0.717) is 0 Å². The Hall–Kier alpha value is -4.78. The minimum Gasteiger partial charge on any atom is -0.0617 e. The number of hydrogen-bond acceptors (Lipinski definition) is 0. The maximum atomic E-state index is 3.26. The van der Waals surface area contributed by atoms with E-state index in [4.69, 9.17) is 0 Å². The zero-order valence-electron chi connectivity index (χ0n) is 20.5. The Bertz CT molecular complexity index is 1450. The quantitative estimate of drug-likeness (QED) is 0.233. The third kappa shape index (κ3) is 5.82. The molecule has 0 unspecified atom stereocenters. The van der Waals surface area contributed by atoms with Gasteiger partial charge in [-0.1, -0.05) is 108 Å². The van der Waals surface area contributed by atoms with Gasteiger partial charge in [-0.3, -0.25) is 0 Å². The lowest BCUT2D eigenvalue weighted by atomic mass is 10.0. The first kappa shape index (κ1) is 23.0. The lowest BCUT2D eigenvalue weighted by Crippen LogP contribution is -1.81. The van der Waals surface area contributed by atoms with Gasteiger partial charge in [0, 0.05) is 22.3 Å². The minimum absolute atomic E-state index is 0.977. The third-order valence-corrected chi connectivity index (χ3v) is 6.13. The average molecular weight is 459 g/mol. The molecule has 0 atom stereocenters. The number of rotatable bonds is 2. The summed E-state index contributed by atoms with van der Waals surface area (Å²) in [5, 5.41) is 0. The van der Waals surface area contributed by atoms with E-state index >= 15 is 0 Å². The van der Waals surface area contributed by atoms with Crippen LogP contribution in [-0.4, -0.2) is 0 Å². The van der Waals surface area contributed by atoms with E-state index in [1.165, 1.54) is 33.4 Å². The van der Waals surface area contributed by atoms with Crippen molar-refractivity contribution in [2.24, 2.45) is 0 Å². The largest absolute Gasteiger partial charge is 0.0617 e. The Morgan fingerprint density at radius 3 is 0.722 bits per heavy atom. The van der Waals surface area contributed by atoms with Crippen LogP contribution >= 0.6 is 0 Å². The first-order valence-electron chi connectivity index (χ1n) is 12.1. The third-order valence-electron chi connectivity index (χ3n) is 6.13. The van der Waals surface area contributed by atoms with Gasteiger partial charge in [-0.15, -0.1) is 0 Å². The van der Waals surface area contributed by atoms with Crippen LogP contribution in [-0.2, 0) is 0 Å². The highest BCUT2D eigenvalue weighted by Gasteiger charge is 1.98. The smallest absolute Gasteiger partial charge is 0.0249 e. The second kappa shape index (κ2) is 10.7. The van der Waals surface area contributed by atoms with Gasteiger partial charge in [0.1, 0.15) is 0 Å². The molecule has 0 heterocycles. The van der Waals surface area contributed by atoms with E-state index < -0.39 is 0 Å². The summed E-state index contributed by atoms with van der Waals surface area (Å²) < 4.78 is 0. The molecule has 0 spiro atoms. The molecule has 0 nitrogen and oxygen atoms in total. The van der Waals surface area contributed by atoms with Gasteiger partial charge in [0.15, 0.2) is 0 Å². The molecule has 0 saturated carbocycles. The fourth-order valence-electron chi connectivity index (χ4n) is 3.91. The van der Waals surface area contributed by atoms with Crippen molar-refractivity contribution in [2.75, 3.05) is 0 Å². The van der Waals surface area contributed by atoms with Crippen molar-refractivity contribution in [1.29, 1.82) is 0 Å². The maximum absolute atomic E-state index is 3.26. The summed E-state index contributed by atoms with van der Waals surface area (Å²) in [5.41, 5.74) is 11.3. The van der Waals surface area contributed by atoms with Crippen LogP contribution < -0.4 is 0 Å². The highest BCUT2D eigenvalue weighted by molar-refractivity contribution is 5.66. The molecule has 0 bridgehead atoms. The summed E-state index contributed by atoms with van der Waals surface area (Å²) in [7, 11) is 0. The van der Waals surface area contributed by atoms with Gasteiger partial charge in [-0.05, 0) is 84.6 Å². The molecule has 0 aliphatic rings. The maximum Gasteiger partial charge on any atom is 0.0249 e. The SMILES string of the molecule is Cc1ccc(-c2ccc(C#Cc3ccc(C#Cc4ccc(-c5ccc(C)cc5)cc4)cc3)cc2)cc1. The second-order valence-electron chi connectivity index (χ2n) is 8.96. The predicted octanol–water partition coefficient (Wildman–Crippen LogP) is 8.44. The zero-order chi connectivity index (χ0) is 24.7. The summed E-state index contributed by atoms with van der Waals surface area (Å²) in [4.78, 5) is 0. The average Bonchev–Trinajstić information content (AvgIpc) is 2.93. The molecule has 5 aromatic carbocycles. The van der Waals surface area contributed by atoms with E-state index in [1.54, 1.807) is 0 Å². The number of benzene rings is 5. The summed E-state index contributed by atoms with van der Waals surface area (Å²) in [6.45, 7) is 4.21. The predicted molar refractivity (Wildman–Crippen MR) is 152 cm³/mol. The molecular weight excluding hydrogens is 432 g/mol. The Labute approximate surface area is 214 Å². The van der Waals surface area contributed by atoms with Crippen molar-refractivity contribution < 1.29 is 0 Å². The van der Waals surface area contributed by atoms with Gasteiger partial charge in [-0.25, -0.2) is 0 Å². The molecule has 0 fully saturated rings. The van der Waals surface area contributed by atoms with Crippen molar-refractivity contribution in [3.63, 3.8) is 0 Å². The van der Waals surface area contributed by atoms with E-state index in [0.717, 1.165) is 22.3 Å². The highest BCUT2D eigenvalue weighted by Crippen LogP contribution is 2.21. The number of hydrogen-bond donors (Lipinski definition) is 0. The first-order chi connectivity index (χ1) is 17.6. The standard InChI is InChI=1S/C36H26/c1-27-3-19-33(20-4-27)35-23-15-31(16-24-35)13-11-29-7-9-30(10-8-29)12-14-32-17-25-36(26-18-32)34-21-5-28(2)6-22-34/h3-10,15-26H,1-2H3. The van der Waals surface area contributed by atoms with E-state index in [-0.39, 0.29) is 0 Å². The molecule has 0 N–H and O–H groups in total. The molecule has 0 saturated heterocycles. The second-order valence-corrected chi connectivity index (χ2v) is 8.96. The summed E-state index contributed by atoms with van der Waals surface area (Å²) >= 11 is 0. The summed E-state index contributed by atoms with van der Waals surface area (Å²) in [6, 6.07) is 42.1. The van der Waals surface area contributed by atoms with E-state index in [2.05, 4.69) is 135 Å². The lowest BCUT2D eigenvalue weighted by molar-refractivity contribution is 1.47. The molecule has 170 valence electrons. The van der Waals surface area contributed by atoms with Gasteiger partial charge in [0.25, 0.3) is 0 Å². The number of aryl methyl sites for hydroxylation is 2. The van der Waals surface area contributed by atoms with Crippen LogP contribution in [0, 0.1) is 37.5 Å². The van der Waals surface area contributed by atoms with Gasteiger partial charge >= 0.3 is 0 Å². The molecule has 5 rings (SSSR count). The van der Waals surface area contributed by atoms with Crippen LogP contribution in [0.4, 0.5) is 0 Å². The normalized spacial score (nSPS) is 10.1. The Morgan fingerprint density at radius 1 is 0.278 bits per heavy atom. The van der Waals surface area contributed by atoms with E-state index in [1.807, 2.05) is 24.3 Å². The molecule has 0 radical (unpaired) electrons. The molecule has 0 aliphatic heterocycles. The minimum atomic E-state index is 0.977. The van der Waals surface area contributed by atoms with Gasteiger partial charge in [0.2, 0.25) is 0 Å². The van der Waals surface area contributed by atoms with Crippen LogP contribution in [0.3, 0.4) is 0 Å². The lowest BCUT2D eigenvalue weighted by Gasteiger charge is -2.02. The molecule has 36 heavy (non-hydrogen) atoms. The Morgan fingerprint density at radius 2 is 0.472 bits per heavy atom. The van der Waals surface area contributed by atoms with Gasteiger partial charge in [0.05, 0.1) is 0 Å². The van der Waals surface area contributed by atoms with Crippen molar-refractivity contribution in [2.45, 2.75) is 13.8 Å². The fraction of sp³-hybridized carbons (Fsp3) is 0.0556. The monoisotopic (exact) mass is 458 g/mol. The van der Waals surface area contributed by atoms with Crippen LogP contribution in [0.15, 0.2) is 121 Å². The molecule has 0 aromatic heterocycles. The van der Waals surface area contributed by atoms with Crippen molar-refractivity contribution >= 4 is 0 Å². The molecule has 0 amide bonds. The summed E-state index contributed by atoms with van der Waals surface area (Å²) in [5.74, 6) is 13.0. The summed E-state index contributed by atoms with van der Waals surface area (Å²) in [6.07, 6.45) is 0. The Kier molecular flexibility index (Phi) is 6.80. The first-order valence-corrected chi connectivity index (χ1v) is 12.1. The van der Waals surface area contributed by atoms with Crippen molar-refractivity contribution in [3.8, 4) is 45.9 Å². The van der Waals surface area contributed by atoms with Crippen molar-refractivity contribution in [1.82, 2.24) is 0 Å². The fourth-order valence-corrected chi connectivity index (χ4v) is 3.91. The van der Waals surface area contributed by atoms with Gasteiger partial charge in [-0.2, -0.15) is 0 Å². The molecule has 5 aromatic rings. The van der Waals surface area contributed by atoms with Crippen LogP contribution in [0.25, 0.3) is 22.3 Å².